The first kappa shape index (κ1) is 20.6. The smallest absolute Gasteiger partial charge is 0.409 e. The summed E-state index contributed by atoms with van der Waals surface area (Å²) in [5, 5.41) is 0. The average molecular weight is 396 g/mol. The second kappa shape index (κ2) is 9.91. The number of amides is 2. The van der Waals surface area contributed by atoms with E-state index in [4.69, 9.17) is 4.74 Å². The van der Waals surface area contributed by atoms with Crippen LogP contribution in [0.2, 0.25) is 0 Å². The molecular formula is C22H28N4O3. The van der Waals surface area contributed by atoms with E-state index < -0.39 is 0 Å². The SMILES string of the molecule is CCOC(=O)N1CCN(C(=O)c2cncc(N(CC)Cc3ccccc3)c2)CC1. The second-order valence-electron chi connectivity index (χ2n) is 6.91. The van der Waals surface area contributed by atoms with Gasteiger partial charge >= 0.3 is 6.09 Å². The molecule has 1 aromatic carbocycles. The molecule has 0 N–H and O–H groups in total. The van der Waals surface area contributed by atoms with Crippen LogP contribution in [0.15, 0.2) is 48.8 Å². The van der Waals surface area contributed by atoms with Gasteiger partial charge in [-0.25, -0.2) is 4.79 Å². The summed E-state index contributed by atoms with van der Waals surface area (Å²) in [4.78, 5) is 34.7. The molecular weight excluding hydrogens is 368 g/mol. The van der Waals surface area contributed by atoms with Gasteiger partial charge in [-0.3, -0.25) is 9.78 Å². The Morgan fingerprint density at radius 2 is 1.72 bits per heavy atom. The molecule has 0 radical (unpaired) electrons. The van der Waals surface area contributed by atoms with Crippen molar-refractivity contribution in [3.63, 3.8) is 0 Å². The fraction of sp³-hybridized carbons (Fsp3) is 0.409. The van der Waals surface area contributed by atoms with Gasteiger partial charge in [0, 0.05) is 45.5 Å². The highest BCUT2D eigenvalue weighted by atomic mass is 16.6. The van der Waals surface area contributed by atoms with E-state index in [1.54, 1.807) is 29.1 Å². The molecule has 1 saturated heterocycles. The highest BCUT2D eigenvalue weighted by Gasteiger charge is 2.26. The summed E-state index contributed by atoms with van der Waals surface area (Å²) in [5.74, 6) is -0.0568. The number of carbonyl (C=O) groups is 2. The summed E-state index contributed by atoms with van der Waals surface area (Å²) in [5.41, 5.74) is 2.70. The first-order valence-corrected chi connectivity index (χ1v) is 10.1. The maximum atomic E-state index is 13.0. The molecule has 1 fully saturated rings. The maximum absolute atomic E-state index is 13.0. The fourth-order valence-electron chi connectivity index (χ4n) is 3.40. The second-order valence-corrected chi connectivity index (χ2v) is 6.91. The Morgan fingerprint density at radius 3 is 2.38 bits per heavy atom. The van der Waals surface area contributed by atoms with Gasteiger partial charge in [-0.15, -0.1) is 0 Å². The van der Waals surface area contributed by atoms with Gasteiger partial charge in [-0.2, -0.15) is 0 Å². The van der Waals surface area contributed by atoms with Crippen LogP contribution in [0.5, 0.6) is 0 Å². The summed E-state index contributed by atoms with van der Waals surface area (Å²) in [6.07, 6.45) is 3.09. The van der Waals surface area contributed by atoms with E-state index in [2.05, 4.69) is 28.9 Å². The molecule has 29 heavy (non-hydrogen) atoms. The zero-order chi connectivity index (χ0) is 20.6. The Kier molecular flexibility index (Phi) is 7.05. The number of benzene rings is 1. The quantitative estimate of drug-likeness (QED) is 0.751. The number of ether oxygens (including phenoxy) is 1. The highest BCUT2D eigenvalue weighted by molar-refractivity contribution is 5.95. The lowest BCUT2D eigenvalue weighted by Crippen LogP contribution is -2.50. The molecule has 7 nitrogen and oxygen atoms in total. The molecule has 2 heterocycles. The van der Waals surface area contributed by atoms with Gasteiger partial charge in [0.15, 0.2) is 0 Å². The van der Waals surface area contributed by atoms with Crippen molar-refractivity contribution in [3.8, 4) is 0 Å². The minimum Gasteiger partial charge on any atom is -0.450 e. The number of aromatic nitrogens is 1. The monoisotopic (exact) mass is 396 g/mol. The van der Waals surface area contributed by atoms with Gasteiger partial charge in [0.2, 0.25) is 0 Å². The van der Waals surface area contributed by atoms with Crippen LogP contribution < -0.4 is 4.90 Å². The van der Waals surface area contributed by atoms with Crippen LogP contribution in [-0.4, -0.2) is 66.1 Å². The number of hydrogen-bond acceptors (Lipinski definition) is 5. The number of pyridine rings is 1. The summed E-state index contributed by atoms with van der Waals surface area (Å²) < 4.78 is 5.03. The predicted molar refractivity (Wildman–Crippen MR) is 112 cm³/mol. The number of nitrogens with zero attached hydrogens (tertiary/aromatic N) is 4. The van der Waals surface area contributed by atoms with Crippen molar-refractivity contribution in [2.75, 3.05) is 44.2 Å². The molecule has 1 aromatic heterocycles. The predicted octanol–water partition coefficient (Wildman–Crippen LogP) is 3.02. The molecule has 1 aliphatic heterocycles. The van der Waals surface area contributed by atoms with Gasteiger partial charge in [-0.05, 0) is 25.5 Å². The molecule has 3 rings (SSSR count). The van der Waals surface area contributed by atoms with E-state index in [1.807, 2.05) is 24.3 Å². The molecule has 2 amide bonds. The third-order valence-corrected chi connectivity index (χ3v) is 5.03. The van der Waals surface area contributed by atoms with Gasteiger partial charge < -0.3 is 19.4 Å². The van der Waals surface area contributed by atoms with E-state index >= 15 is 0 Å². The maximum Gasteiger partial charge on any atom is 0.409 e. The molecule has 7 heteroatoms. The Hall–Kier alpha value is -3.09. The van der Waals surface area contributed by atoms with Crippen LogP contribution in [0.25, 0.3) is 0 Å². The largest absolute Gasteiger partial charge is 0.450 e. The molecule has 0 atom stereocenters. The number of carbonyl (C=O) groups excluding carboxylic acids is 2. The Morgan fingerprint density at radius 1 is 1.03 bits per heavy atom. The molecule has 2 aromatic rings. The lowest BCUT2D eigenvalue weighted by molar-refractivity contribution is 0.0570. The van der Waals surface area contributed by atoms with E-state index in [9.17, 15) is 9.59 Å². The number of piperazine rings is 1. The van der Waals surface area contributed by atoms with Crippen LogP contribution in [0, 0.1) is 0 Å². The molecule has 0 spiro atoms. The standard InChI is InChI=1S/C22H28N4O3/c1-3-24(17-18-8-6-5-7-9-18)20-14-19(15-23-16-20)21(27)25-10-12-26(13-11-25)22(28)29-4-2/h5-9,14-16H,3-4,10-13,17H2,1-2H3. The first-order valence-electron chi connectivity index (χ1n) is 10.1. The van der Waals surface area contributed by atoms with Crippen LogP contribution in [0.3, 0.4) is 0 Å². The van der Waals surface area contributed by atoms with Crippen LogP contribution in [0.4, 0.5) is 10.5 Å². The van der Waals surface area contributed by atoms with E-state index in [1.165, 1.54) is 5.56 Å². The highest BCUT2D eigenvalue weighted by Crippen LogP contribution is 2.19. The third kappa shape index (κ3) is 5.25. The molecule has 1 aliphatic rings. The van der Waals surface area contributed by atoms with Crippen molar-refractivity contribution < 1.29 is 14.3 Å². The van der Waals surface area contributed by atoms with Crippen LogP contribution >= 0.6 is 0 Å². The molecule has 0 saturated carbocycles. The van der Waals surface area contributed by atoms with Crippen LogP contribution in [0.1, 0.15) is 29.8 Å². The van der Waals surface area contributed by atoms with Gasteiger partial charge in [0.1, 0.15) is 0 Å². The Labute approximate surface area is 171 Å². The minimum absolute atomic E-state index is 0.0568. The molecule has 0 aliphatic carbocycles. The number of rotatable bonds is 6. The van der Waals surface area contributed by atoms with Crippen molar-refractivity contribution in [3.05, 3.63) is 59.9 Å². The third-order valence-electron chi connectivity index (χ3n) is 5.03. The van der Waals surface area contributed by atoms with E-state index in [0.717, 1.165) is 18.8 Å². The van der Waals surface area contributed by atoms with Gasteiger partial charge in [0.25, 0.3) is 5.91 Å². The van der Waals surface area contributed by atoms with Crippen molar-refractivity contribution in [2.45, 2.75) is 20.4 Å². The zero-order valence-electron chi connectivity index (χ0n) is 17.1. The van der Waals surface area contributed by atoms with E-state index in [0.29, 0.717) is 38.3 Å². The number of hydrogen-bond donors (Lipinski definition) is 0. The Balaban J connectivity index is 1.65. The summed E-state index contributed by atoms with van der Waals surface area (Å²) in [7, 11) is 0. The van der Waals surface area contributed by atoms with Gasteiger partial charge in [0.05, 0.1) is 24.1 Å². The van der Waals surface area contributed by atoms with Crippen molar-refractivity contribution in [1.82, 2.24) is 14.8 Å². The topological polar surface area (TPSA) is 66.0 Å². The lowest BCUT2D eigenvalue weighted by Gasteiger charge is -2.34. The summed E-state index contributed by atoms with van der Waals surface area (Å²) in [6.45, 7) is 7.74. The summed E-state index contributed by atoms with van der Waals surface area (Å²) >= 11 is 0. The molecule has 154 valence electrons. The van der Waals surface area contributed by atoms with E-state index in [-0.39, 0.29) is 12.0 Å². The van der Waals surface area contributed by atoms with Gasteiger partial charge in [-0.1, -0.05) is 30.3 Å². The minimum atomic E-state index is -0.317. The average Bonchev–Trinajstić information content (AvgIpc) is 2.78. The summed E-state index contributed by atoms with van der Waals surface area (Å²) in [6, 6.07) is 12.1. The normalized spacial score (nSPS) is 13.9. The van der Waals surface area contributed by atoms with Crippen LogP contribution in [-0.2, 0) is 11.3 Å². The fourth-order valence-corrected chi connectivity index (χ4v) is 3.40. The Bertz CT molecular complexity index is 820. The zero-order valence-corrected chi connectivity index (χ0v) is 17.1. The number of anilines is 1. The van der Waals surface area contributed by atoms with Crippen molar-refractivity contribution in [2.24, 2.45) is 0 Å². The molecule has 0 unspecified atom stereocenters. The molecule has 0 bridgehead atoms. The van der Waals surface area contributed by atoms with Crippen molar-refractivity contribution in [1.29, 1.82) is 0 Å². The van der Waals surface area contributed by atoms with Crippen molar-refractivity contribution >= 4 is 17.7 Å². The lowest BCUT2D eigenvalue weighted by atomic mass is 10.1. The first-order chi connectivity index (χ1) is 14.1.